The summed E-state index contributed by atoms with van der Waals surface area (Å²) in [5.74, 6) is 0.155. The average molecular weight is 523 g/mol. The zero-order valence-electron chi connectivity index (χ0n) is 22.6. The SMILES string of the molecule is CC(C)(C(=O)Oc1ccccc1)N1c2ccccc2C(=Nc2ccccc2)C1(c1ccccc1)c1ccccc1. The van der Waals surface area contributed by atoms with Gasteiger partial charge in [-0.3, -0.25) is 0 Å². The van der Waals surface area contributed by atoms with Gasteiger partial charge in [0.05, 0.1) is 11.4 Å². The molecule has 4 nitrogen and oxygen atoms in total. The van der Waals surface area contributed by atoms with E-state index in [4.69, 9.17) is 9.73 Å². The first-order chi connectivity index (χ1) is 19.5. The summed E-state index contributed by atoms with van der Waals surface area (Å²) in [6.45, 7) is 3.86. The molecule has 196 valence electrons. The monoisotopic (exact) mass is 522 g/mol. The molecule has 5 aromatic rings. The van der Waals surface area contributed by atoms with Gasteiger partial charge >= 0.3 is 5.97 Å². The first-order valence-corrected chi connectivity index (χ1v) is 13.5. The molecule has 1 heterocycles. The third-order valence-electron chi connectivity index (χ3n) is 7.47. The molecule has 0 aromatic heterocycles. The molecule has 0 fully saturated rings. The van der Waals surface area contributed by atoms with Crippen molar-refractivity contribution in [3.63, 3.8) is 0 Å². The van der Waals surface area contributed by atoms with Crippen LogP contribution < -0.4 is 9.64 Å². The van der Waals surface area contributed by atoms with E-state index in [0.717, 1.165) is 33.8 Å². The third kappa shape index (κ3) is 4.18. The van der Waals surface area contributed by atoms with Crippen molar-refractivity contribution in [2.45, 2.75) is 24.9 Å². The van der Waals surface area contributed by atoms with E-state index in [-0.39, 0.29) is 5.97 Å². The summed E-state index contributed by atoms with van der Waals surface area (Å²) in [4.78, 5) is 21.7. The minimum Gasteiger partial charge on any atom is -0.425 e. The van der Waals surface area contributed by atoms with Gasteiger partial charge in [-0.2, -0.15) is 0 Å². The Hall–Kier alpha value is -4.96. The lowest BCUT2D eigenvalue weighted by molar-refractivity contribution is -0.139. The summed E-state index contributed by atoms with van der Waals surface area (Å²) in [7, 11) is 0. The second-order valence-electron chi connectivity index (χ2n) is 10.4. The zero-order chi connectivity index (χ0) is 27.6. The topological polar surface area (TPSA) is 41.9 Å². The summed E-state index contributed by atoms with van der Waals surface area (Å²) in [6.07, 6.45) is 0. The Bertz CT molecular complexity index is 1610. The van der Waals surface area contributed by atoms with Crippen LogP contribution in [0.15, 0.2) is 151 Å². The van der Waals surface area contributed by atoms with Gasteiger partial charge in [0, 0.05) is 11.3 Å². The number of para-hydroxylation sites is 3. The molecule has 40 heavy (non-hydrogen) atoms. The van der Waals surface area contributed by atoms with Gasteiger partial charge in [-0.05, 0) is 55.3 Å². The molecular formula is C36H30N2O2. The number of benzene rings is 5. The Morgan fingerprint density at radius 3 is 1.70 bits per heavy atom. The maximum absolute atomic E-state index is 14.1. The molecule has 0 N–H and O–H groups in total. The highest BCUT2D eigenvalue weighted by atomic mass is 16.5. The number of aliphatic imine (C=N–C) groups is 1. The van der Waals surface area contributed by atoms with E-state index in [1.165, 1.54) is 0 Å². The summed E-state index contributed by atoms with van der Waals surface area (Å²) >= 11 is 0. The lowest BCUT2D eigenvalue weighted by Gasteiger charge is -2.48. The molecule has 6 rings (SSSR count). The number of hydrogen-bond donors (Lipinski definition) is 0. The van der Waals surface area contributed by atoms with Gasteiger partial charge in [0.2, 0.25) is 0 Å². The lowest BCUT2D eigenvalue weighted by Crippen LogP contribution is -2.62. The summed E-state index contributed by atoms with van der Waals surface area (Å²) in [6, 6.07) is 48.1. The molecule has 0 aliphatic carbocycles. The smallest absolute Gasteiger partial charge is 0.336 e. The van der Waals surface area contributed by atoms with Crippen LogP contribution in [0.1, 0.15) is 30.5 Å². The lowest BCUT2D eigenvalue weighted by atomic mass is 9.76. The van der Waals surface area contributed by atoms with E-state index >= 15 is 0 Å². The van der Waals surface area contributed by atoms with Crippen molar-refractivity contribution in [3.05, 3.63) is 162 Å². The van der Waals surface area contributed by atoms with Crippen molar-refractivity contribution < 1.29 is 9.53 Å². The number of hydrogen-bond acceptors (Lipinski definition) is 4. The van der Waals surface area contributed by atoms with Gasteiger partial charge in [0.1, 0.15) is 16.8 Å². The van der Waals surface area contributed by atoms with Crippen molar-refractivity contribution in [2.24, 2.45) is 4.99 Å². The molecule has 0 bridgehead atoms. The highest BCUT2D eigenvalue weighted by Crippen LogP contribution is 2.53. The molecule has 0 atom stereocenters. The highest BCUT2D eigenvalue weighted by Gasteiger charge is 2.58. The van der Waals surface area contributed by atoms with Crippen LogP contribution in [0.4, 0.5) is 11.4 Å². The fourth-order valence-corrected chi connectivity index (χ4v) is 5.71. The maximum atomic E-state index is 14.1. The fraction of sp³-hybridized carbons (Fsp3) is 0.111. The molecule has 0 radical (unpaired) electrons. The molecule has 0 saturated heterocycles. The molecule has 0 saturated carbocycles. The van der Waals surface area contributed by atoms with Gasteiger partial charge in [-0.15, -0.1) is 0 Å². The van der Waals surface area contributed by atoms with E-state index in [1.54, 1.807) is 12.1 Å². The fourth-order valence-electron chi connectivity index (χ4n) is 5.71. The molecule has 0 unspecified atom stereocenters. The van der Waals surface area contributed by atoms with Crippen LogP contribution in [0.5, 0.6) is 5.75 Å². The second kappa shape index (κ2) is 10.3. The Morgan fingerprint density at radius 1 is 0.650 bits per heavy atom. The van der Waals surface area contributed by atoms with E-state index in [9.17, 15) is 4.79 Å². The van der Waals surface area contributed by atoms with Crippen LogP contribution in [0.25, 0.3) is 0 Å². The molecule has 0 spiro atoms. The normalized spacial score (nSPS) is 15.1. The van der Waals surface area contributed by atoms with Crippen LogP contribution in [0.2, 0.25) is 0 Å². The van der Waals surface area contributed by atoms with Gasteiger partial charge in [-0.25, -0.2) is 9.79 Å². The number of rotatable bonds is 6. The average Bonchev–Trinajstić information content (AvgIpc) is 3.30. The van der Waals surface area contributed by atoms with Crippen LogP contribution in [0, 0.1) is 0 Å². The van der Waals surface area contributed by atoms with Crippen LogP contribution in [0.3, 0.4) is 0 Å². The summed E-state index contributed by atoms with van der Waals surface area (Å²) in [5.41, 5.74) is 3.56. The van der Waals surface area contributed by atoms with Crippen molar-refractivity contribution in [1.82, 2.24) is 0 Å². The minimum atomic E-state index is -1.11. The van der Waals surface area contributed by atoms with Crippen molar-refractivity contribution in [3.8, 4) is 5.75 Å². The van der Waals surface area contributed by atoms with E-state index in [2.05, 4.69) is 41.3 Å². The quantitative estimate of drug-likeness (QED) is 0.168. The Kier molecular flexibility index (Phi) is 6.53. The van der Waals surface area contributed by atoms with Gasteiger partial charge < -0.3 is 9.64 Å². The number of fused-ring (bicyclic) bond motifs is 1. The number of nitrogens with zero attached hydrogens (tertiary/aromatic N) is 2. The Labute approximate surface area is 235 Å². The Morgan fingerprint density at radius 2 is 1.12 bits per heavy atom. The standard InChI is InChI=1S/C36H30N2O2/c1-35(2,34(39)40-30-23-13-6-14-24-30)38-32-26-16-15-25-31(32)33(37-29-21-11-5-12-22-29)36(38,27-17-7-3-8-18-27)28-19-9-4-10-20-28/h3-26H,1-2H3. The molecule has 1 aliphatic heterocycles. The summed E-state index contributed by atoms with van der Waals surface area (Å²) < 4.78 is 6.00. The van der Waals surface area contributed by atoms with E-state index in [1.807, 2.05) is 111 Å². The maximum Gasteiger partial charge on any atom is 0.336 e. The zero-order valence-corrected chi connectivity index (χ0v) is 22.6. The van der Waals surface area contributed by atoms with Crippen LogP contribution in [-0.2, 0) is 10.3 Å². The predicted molar refractivity (Wildman–Crippen MR) is 161 cm³/mol. The number of anilines is 1. The first kappa shape index (κ1) is 25.3. The number of esters is 1. The number of carbonyl (C=O) groups is 1. The van der Waals surface area contributed by atoms with Crippen LogP contribution >= 0.6 is 0 Å². The van der Waals surface area contributed by atoms with Crippen molar-refractivity contribution >= 4 is 23.1 Å². The van der Waals surface area contributed by atoms with Gasteiger partial charge in [0.25, 0.3) is 0 Å². The Balaban J connectivity index is 1.68. The molecule has 5 aromatic carbocycles. The van der Waals surface area contributed by atoms with Gasteiger partial charge in [0.15, 0.2) is 0 Å². The van der Waals surface area contributed by atoms with E-state index in [0.29, 0.717) is 5.75 Å². The summed E-state index contributed by atoms with van der Waals surface area (Å²) in [5, 5.41) is 0. The van der Waals surface area contributed by atoms with Crippen LogP contribution in [-0.4, -0.2) is 17.2 Å². The van der Waals surface area contributed by atoms with Crippen molar-refractivity contribution in [1.29, 1.82) is 0 Å². The number of carbonyl (C=O) groups excluding carboxylic acids is 1. The molecular weight excluding hydrogens is 492 g/mol. The largest absolute Gasteiger partial charge is 0.425 e. The minimum absolute atomic E-state index is 0.356. The number of ether oxygens (including phenoxy) is 1. The molecule has 4 heteroatoms. The molecule has 0 amide bonds. The van der Waals surface area contributed by atoms with Crippen molar-refractivity contribution in [2.75, 3.05) is 4.90 Å². The van der Waals surface area contributed by atoms with E-state index < -0.39 is 11.1 Å². The molecule has 1 aliphatic rings. The first-order valence-electron chi connectivity index (χ1n) is 13.5. The highest BCUT2D eigenvalue weighted by molar-refractivity contribution is 6.21. The van der Waals surface area contributed by atoms with Gasteiger partial charge in [-0.1, -0.05) is 115 Å². The predicted octanol–water partition coefficient (Wildman–Crippen LogP) is 7.96. The third-order valence-corrected chi connectivity index (χ3v) is 7.47. The second-order valence-corrected chi connectivity index (χ2v) is 10.4.